The largest absolute Gasteiger partial charge is 0.483 e. The van der Waals surface area contributed by atoms with Gasteiger partial charge in [0.2, 0.25) is 0 Å². The van der Waals surface area contributed by atoms with E-state index in [1.54, 1.807) is 0 Å². The molecule has 1 N–H and O–H groups in total. The molecule has 29 heavy (non-hydrogen) atoms. The van der Waals surface area contributed by atoms with Gasteiger partial charge in [-0.05, 0) is 49.2 Å². The van der Waals surface area contributed by atoms with Crippen LogP contribution in [0, 0.1) is 13.8 Å². The third-order valence-electron chi connectivity index (χ3n) is 4.61. The highest BCUT2D eigenvalue weighted by atomic mass is 16.5. The number of pyridine rings is 1. The Bertz CT molecular complexity index is 1150. The van der Waals surface area contributed by atoms with Crippen molar-refractivity contribution in [1.82, 2.24) is 4.98 Å². The summed E-state index contributed by atoms with van der Waals surface area (Å²) >= 11 is 0. The van der Waals surface area contributed by atoms with E-state index in [-0.39, 0.29) is 12.5 Å². The van der Waals surface area contributed by atoms with E-state index >= 15 is 0 Å². The maximum absolute atomic E-state index is 12.4. The van der Waals surface area contributed by atoms with E-state index in [2.05, 4.69) is 11.4 Å². The van der Waals surface area contributed by atoms with Crippen molar-refractivity contribution in [1.29, 1.82) is 0 Å². The van der Waals surface area contributed by atoms with Crippen molar-refractivity contribution >= 4 is 22.5 Å². The number of ether oxygens (including phenoxy) is 1. The van der Waals surface area contributed by atoms with Crippen molar-refractivity contribution in [3.05, 3.63) is 90.0 Å². The van der Waals surface area contributed by atoms with Crippen molar-refractivity contribution in [2.24, 2.45) is 0 Å². The predicted octanol–water partition coefficient (Wildman–Crippen LogP) is 5.54. The van der Waals surface area contributed by atoms with Gasteiger partial charge >= 0.3 is 0 Å². The van der Waals surface area contributed by atoms with E-state index < -0.39 is 0 Å². The highest BCUT2D eigenvalue weighted by molar-refractivity contribution is 5.93. The van der Waals surface area contributed by atoms with Crippen LogP contribution in [0.3, 0.4) is 0 Å². The molecule has 4 aromatic rings. The van der Waals surface area contributed by atoms with Crippen LogP contribution in [-0.2, 0) is 4.79 Å². The average molecular weight is 382 g/mol. The molecular formula is C25H22N2O2. The van der Waals surface area contributed by atoms with E-state index in [9.17, 15) is 4.79 Å². The Balaban J connectivity index is 1.57. The van der Waals surface area contributed by atoms with Gasteiger partial charge in [-0.2, -0.15) is 0 Å². The molecule has 0 radical (unpaired) electrons. The number of para-hydroxylation sites is 1. The molecule has 144 valence electrons. The Hall–Kier alpha value is -3.66. The second kappa shape index (κ2) is 8.15. The number of fused-ring (bicyclic) bond motifs is 1. The van der Waals surface area contributed by atoms with Crippen molar-refractivity contribution < 1.29 is 9.53 Å². The maximum atomic E-state index is 12.4. The first-order valence-electron chi connectivity index (χ1n) is 9.55. The first-order chi connectivity index (χ1) is 14.1. The van der Waals surface area contributed by atoms with Crippen molar-refractivity contribution in [3.8, 4) is 17.0 Å². The monoisotopic (exact) mass is 382 g/mol. The molecule has 0 saturated carbocycles. The number of anilines is 1. The van der Waals surface area contributed by atoms with Crippen LogP contribution < -0.4 is 10.1 Å². The number of hydrogen-bond acceptors (Lipinski definition) is 3. The van der Waals surface area contributed by atoms with Crippen LogP contribution in [0.15, 0.2) is 78.9 Å². The maximum Gasteiger partial charge on any atom is 0.262 e. The SMILES string of the molecule is Cc1cc(C)cc(NC(=O)COc2cc(-c3ccccc3)nc3ccccc23)c1. The van der Waals surface area contributed by atoms with Crippen LogP contribution in [0.5, 0.6) is 5.75 Å². The minimum absolute atomic E-state index is 0.0742. The molecule has 4 nitrogen and oxygen atoms in total. The third kappa shape index (κ3) is 4.43. The fourth-order valence-electron chi connectivity index (χ4n) is 3.41. The number of carbonyl (C=O) groups excluding carboxylic acids is 1. The van der Waals surface area contributed by atoms with Crippen LogP contribution in [0.1, 0.15) is 11.1 Å². The lowest BCUT2D eigenvalue weighted by Crippen LogP contribution is -2.20. The summed E-state index contributed by atoms with van der Waals surface area (Å²) in [4.78, 5) is 17.2. The van der Waals surface area contributed by atoms with E-state index in [1.807, 2.05) is 86.6 Å². The second-order valence-electron chi connectivity index (χ2n) is 7.10. The molecule has 0 bridgehead atoms. The second-order valence-corrected chi connectivity index (χ2v) is 7.10. The molecular weight excluding hydrogens is 360 g/mol. The number of rotatable bonds is 5. The zero-order valence-corrected chi connectivity index (χ0v) is 16.5. The van der Waals surface area contributed by atoms with Gasteiger partial charge in [-0.1, -0.05) is 48.5 Å². The molecule has 1 heterocycles. The molecule has 3 aromatic carbocycles. The summed E-state index contributed by atoms with van der Waals surface area (Å²) in [5.41, 5.74) is 5.64. The molecule has 0 saturated heterocycles. The molecule has 0 aliphatic carbocycles. The van der Waals surface area contributed by atoms with Gasteiger partial charge in [0.25, 0.3) is 5.91 Å². The molecule has 0 spiro atoms. The van der Waals surface area contributed by atoms with Crippen molar-refractivity contribution in [2.75, 3.05) is 11.9 Å². The molecule has 0 atom stereocenters. The molecule has 0 unspecified atom stereocenters. The average Bonchev–Trinajstić information content (AvgIpc) is 2.71. The number of amides is 1. The summed E-state index contributed by atoms with van der Waals surface area (Å²) in [6.45, 7) is 3.94. The van der Waals surface area contributed by atoms with Gasteiger partial charge < -0.3 is 10.1 Å². The normalized spacial score (nSPS) is 10.7. The number of nitrogens with one attached hydrogen (secondary N) is 1. The highest BCUT2D eigenvalue weighted by Crippen LogP contribution is 2.30. The summed E-state index contributed by atoms with van der Waals surface area (Å²) < 4.78 is 5.92. The van der Waals surface area contributed by atoms with E-state index in [0.717, 1.165) is 39.0 Å². The number of hydrogen-bond donors (Lipinski definition) is 1. The minimum atomic E-state index is -0.197. The number of benzene rings is 3. The topological polar surface area (TPSA) is 51.2 Å². The quantitative estimate of drug-likeness (QED) is 0.493. The predicted molar refractivity (Wildman–Crippen MR) is 117 cm³/mol. The first-order valence-corrected chi connectivity index (χ1v) is 9.55. The number of aryl methyl sites for hydroxylation is 2. The Morgan fingerprint density at radius 1 is 0.897 bits per heavy atom. The van der Waals surface area contributed by atoms with Crippen molar-refractivity contribution in [3.63, 3.8) is 0 Å². The van der Waals surface area contributed by atoms with Crippen molar-refractivity contribution in [2.45, 2.75) is 13.8 Å². The van der Waals surface area contributed by atoms with Crippen LogP contribution >= 0.6 is 0 Å². The van der Waals surface area contributed by atoms with Gasteiger partial charge in [0.05, 0.1) is 11.2 Å². The van der Waals surface area contributed by atoms with Gasteiger partial charge in [-0.25, -0.2) is 4.98 Å². The third-order valence-corrected chi connectivity index (χ3v) is 4.61. The zero-order valence-electron chi connectivity index (χ0n) is 16.5. The summed E-state index contributed by atoms with van der Waals surface area (Å²) in [5.74, 6) is 0.446. The fourth-order valence-corrected chi connectivity index (χ4v) is 3.41. The molecule has 4 heteroatoms. The van der Waals surface area contributed by atoms with E-state index in [4.69, 9.17) is 9.72 Å². The highest BCUT2D eigenvalue weighted by Gasteiger charge is 2.11. The number of carbonyl (C=O) groups is 1. The van der Waals surface area contributed by atoms with Gasteiger partial charge in [0.1, 0.15) is 5.75 Å². The molecule has 4 rings (SSSR count). The van der Waals surface area contributed by atoms with Crippen LogP contribution in [0.4, 0.5) is 5.69 Å². The summed E-state index contributed by atoms with van der Waals surface area (Å²) in [7, 11) is 0. The zero-order chi connectivity index (χ0) is 20.2. The van der Waals surface area contributed by atoms with E-state index in [0.29, 0.717) is 5.75 Å². The fraction of sp³-hybridized carbons (Fsp3) is 0.120. The number of aromatic nitrogens is 1. The Kier molecular flexibility index (Phi) is 5.25. The van der Waals surface area contributed by atoms with Crippen LogP contribution in [-0.4, -0.2) is 17.5 Å². The molecule has 1 aromatic heterocycles. The van der Waals surface area contributed by atoms with Gasteiger partial charge in [-0.15, -0.1) is 0 Å². The van der Waals surface area contributed by atoms with E-state index in [1.165, 1.54) is 0 Å². The molecule has 1 amide bonds. The summed E-state index contributed by atoms with van der Waals surface area (Å²) in [5, 5.41) is 3.79. The molecule has 0 fully saturated rings. The van der Waals surface area contributed by atoms with Gasteiger partial charge in [-0.3, -0.25) is 4.79 Å². The Morgan fingerprint density at radius 2 is 1.59 bits per heavy atom. The summed E-state index contributed by atoms with van der Waals surface area (Å²) in [6.07, 6.45) is 0. The Morgan fingerprint density at radius 3 is 2.34 bits per heavy atom. The van der Waals surface area contributed by atoms with Gasteiger partial charge in [0.15, 0.2) is 6.61 Å². The Labute approximate surface area is 170 Å². The first kappa shape index (κ1) is 18.7. The standard InChI is InChI=1S/C25H22N2O2/c1-17-12-18(2)14-20(13-17)26-25(28)16-29-24-15-23(19-8-4-3-5-9-19)27-22-11-7-6-10-21(22)24/h3-15H,16H2,1-2H3,(H,26,28). The minimum Gasteiger partial charge on any atom is -0.483 e. The molecule has 0 aliphatic heterocycles. The lowest BCUT2D eigenvalue weighted by Gasteiger charge is -2.12. The van der Waals surface area contributed by atoms with Crippen LogP contribution in [0.25, 0.3) is 22.2 Å². The van der Waals surface area contributed by atoms with Gasteiger partial charge in [0, 0.05) is 22.7 Å². The number of nitrogens with zero attached hydrogens (tertiary/aromatic N) is 1. The summed E-state index contributed by atoms with van der Waals surface area (Å²) in [6, 6.07) is 25.6. The lowest BCUT2D eigenvalue weighted by molar-refractivity contribution is -0.118. The molecule has 0 aliphatic rings. The van der Waals surface area contributed by atoms with Crippen LogP contribution in [0.2, 0.25) is 0 Å². The lowest BCUT2D eigenvalue weighted by atomic mass is 10.1. The smallest absolute Gasteiger partial charge is 0.262 e.